The van der Waals surface area contributed by atoms with Crippen LogP contribution in [0.3, 0.4) is 0 Å². The second-order valence-corrected chi connectivity index (χ2v) is 8.83. The Labute approximate surface area is 156 Å². The van der Waals surface area contributed by atoms with Crippen molar-refractivity contribution in [2.75, 3.05) is 18.9 Å². The van der Waals surface area contributed by atoms with Crippen LogP contribution in [0.2, 0.25) is 0 Å². The van der Waals surface area contributed by atoms with Crippen molar-refractivity contribution in [3.05, 3.63) is 29.8 Å². The lowest BCUT2D eigenvalue weighted by molar-refractivity contribution is -0.194. The van der Waals surface area contributed by atoms with Gasteiger partial charge in [0, 0.05) is 18.2 Å². The number of aliphatic hydroxyl groups is 1. The van der Waals surface area contributed by atoms with Crippen molar-refractivity contribution in [3.8, 4) is 0 Å². The molecule has 7 nitrogen and oxygen atoms in total. The number of nitrogens with one attached hydrogen (secondary N) is 1. The van der Waals surface area contributed by atoms with Gasteiger partial charge in [0.15, 0.2) is 5.60 Å². The van der Waals surface area contributed by atoms with Crippen molar-refractivity contribution in [2.45, 2.75) is 48.7 Å². The molecule has 4 aliphatic heterocycles. The zero-order valence-corrected chi connectivity index (χ0v) is 15.3. The maximum Gasteiger partial charge on any atom is 0.311 e. The van der Waals surface area contributed by atoms with E-state index in [1.165, 1.54) is 0 Å². The van der Waals surface area contributed by atoms with Gasteiger partial charge in [-0.3, -0.25) is 14.5 Å². The molecule has 0 amide bonds. The van der Waals surface area contributed by atoms with E-state index in [-0.39, 0.29) is 30.3 Å². The number of anilines is 1. The molecule has 5 aliphatic rings. The number of hydrogen-bond donors (Lipinski definition) is 2. The molecular formula is C20H22N2O5. The van der Waals surface area contributed by atoms with Crippen molar-refractivity contribution < 1.29 is 24.2 Å². The van der Waals surface area contributed by atoms with Crippen molar-refractivity contribution in [2.24, 2.45) is 11.8 Å². The van der Waals surface area contributed by atoms with E-state index in [1.54, 1.807) is 6.92 Å². The number of para-hydroxylation sites is 1. The minimum absolute atomic E-state index is 0.0982. The maximum atomic E-state index is 13.3. The van der Waals surface area contributed by atoms with E-state index in [2.05, 4.69) is 10.2 Å². The summed E-state index contributed by atoms with van der Waals surface area (Å²) in [4.78, 5) is 28.0. The van der Waals surface area contributed by atoms with Crippen LogP contribution >= 0.6 is 0 Å². The summed E-state index contributed by atoms with van der Waals surface area (Å²) in [5.41, 5.74) is -0.858. The molecule has 0 radical (unpaired) electrons. The fourth-order valence-electron chi connectivity index (χ4n) is 6.96. The highest BCUT2D eigenvalue weighted by molar-refractivity contribution is 5.89. The Kier molecular flexibility index (Phi) is 2.63. The topological polar surface area (TPSA) is 88.1 Å². The highest BCUT2D eigenvalue weighted by atomic mass is 16.6. The van der Waals surface area contributed by atoms with Gasteiger partial charge in [-0.25, -0.2) is 0 Å². The number of carbonyl (C=O) groups excluding carboxylic acids is 2. The molecule has 7 atom stereocenters. The second-order valence-electron chi connectivity index (χ2n) is 8.83. The summed E-state index contributed by atoms with van der Waals surface area (Å²) in [6.45, 7) is 2.12. The third kappa shape index (κ3) is 1.45. The molecule has 7 heteroatoms. The van der Waals surface area contributed by atoms with Gasteiger partial charge in [-0.15, -0.1) is 0 Å². The Balaban J connectivity index is 1.67. The Morgan fingerprint density at radius 2 is 2.07 bits per heavy atom. The average molecular weight is 370 g/mol. The Bertz CT molecular complexity index is 902. The summed E-state index contributed by atoms with van der Waals surface area (Å²) in [6.07, 6.45) is -0.00666. The van der Waals surface area contributed by atoms with Crippen molar-refractivity contribution in [1.82, 2.24) is 4.90 Å². The third-order valence-corrected chi connectivity index (χ3v) is 7.88. The van der Waals surface area contributed by atoms with Crippen LogP contribution in [-0.4, -0.2) is 59.0 Å². The number of aliphatic hydroxyl groups excluding tert-OH is 1. The van der Waals surface area contributed by atoms with Crippen LogP contribution in [0.15, 0.2) is 24.3 Å². The summed E-state index contributed by atoms with van der Waals surface area (Å²) in [5, 5.41) is 14.1. The quantitative estimate of drug-likeness (QED) is 0.701. The zero-order valence-electron chi connectivity index (χ0n) is 15.3. The van der Waals surface area contributed by atoms with Gasteiger partial charge in [0.2, 0.25) is 5.72 Å². The monoisotopic (exact) mass is 370 g/mol. The number of ether oxygens (including phenoxy) is 2. The average Bonchev–Trinajstić information content (AvgIpc) is 3.17. The molecule has 3 saturated heterocycles. The lowest BCUT2D eigenvalue weighted by atomic mass is 9.50. The molecule has 0 spiro atoms. The second kappa shape index (κ2) is 4.47. The molecule has 0 unspecified atom stereocenters. The molecule has 1 aromatic carbocycles. The van der Waals surface area contributed by atoms with Crippen LogP contribution < -0.4 is 5.32 Å². The number of benzene rings is 1. The molecular weight excluding hydrogens is 348 g/mol. The van der Waals surface area contributed by atoms with Crippen LogP contribution in [-0.2, 0) is 24.5 Å². The minimum Gasteiger partial charge on any atom is -0.454 e. The molecule has 2 N–H and O–H groups in total. The number of nitrogens with zero attached hydrogens (tertiary/aromatic N) is 1. The van der Waals surface area contributed by atoms with Crippen molar-refractivity contribution >= 4 is 17.6 Å². The minimum atomic E-state index is -0.974. The number of fused-ring (bicyclic) bond motifs is 2. The highest BCUT2D eigenvalue weighted by Crippen LogP contribution is 2.70. The lowest BCUT2D eigenvalue weighted by Crippen LogP contribution is -2.75. The van der Waals surface area contributed by atoms with E-state index in [4.69, 9.17) is 9.47 Å². The molecule has 1 saturated carbocycles. The fraction of sp³-hybridized carbons (Fsp3) is 0.600. The van der Waals surface area contributed by atoms with Crippen LogP contribution in [0.4, 0.5) is 5.69 Å². The van der Waals surface area contributed by atoms with E-state index in [9.17, 15) is 14.7 Å². The molecule has 1 aliphatic carbocycles. The summed E-state index contributed by atoms with van der Waals surface area (Å²) in [5.74, 6) is -1.28. The van der Waals surface area contributed by atoms with Crippen molar-refractivity contribution in [3.63, 3.8) is 0 Å². The Morgan fingerprint density at radius 1 is 1.30 bits per heavy atom. The largest absolute Gasteiger partial charge is 0.454 e. The van der Waals surface area contributed by atoms with Crippen LogP contribution in [0.25, 0.3) is 0 Å². The molecule has 27 heavy (non-hydrogen) atoms. The summed E-state index contributed by atoms with van der Waals surface area (Å²) in [6, 6.07) is 7.74. The first kappa shape index (κ1) is 15.9. The van der Waals surface area contributed by atoms with E-state index >= 15 is 0 Å². The number of esters is 2. The summed E-state index contributed by atoms with van der Waals surface area (Å²) < 4.78 is 12.0. The lowest BCUT2D eigenvalue weighted by Gasteiger charge is -2.59. The van der Waals surface area contributed by atoms with E-state index in [0.717, 1.165) is 11.3 Å². The number of piperidine rings is 1. The van der Waals surface area contributed by atoms with Gasteiger partial charge in [-0.2, -0.15) is 0 Å². The molecule has 4 heterocycles. The predicted octanol–water partition coefficient (Wildman–Crippen LogP) is 0.620. The molecule has 2 bridgehead atoms. The fourth-order valence-corrected chi connectivity index (χ4v) is 6.96. The number of carbonyl (C=O) groups is 2. The maximum absolute atomic E-state index is 13.3. The van der Waals surface area contributed by atoms with Crippen LogP contribution in [0, 0.1) is 11.8 Å². The summed E-state index contributed by atoms with van der Waals surface area (Å²) in [7, 11) is 1.95. The van der Waals surface area contributed by atoms with Crippen molar-refractivity contribution in [1.29, 1.82) is 0 Å². The normalized spacial score (nSPS) is 47.4. The number of hydrogen-bond acceptors (Lipinski definition) is 7. The first-order chi connectivity index (χ1) is 12.9. The standard InChI is InChI=1S/C20H22N2O5/c1-10(23)19-9-22(2)14-7-12(19)16(17(25)27-19)18-8-15(24)26-20(14,18)21-13-6-4-3-5-11(13)18/h3-6,10,12,14,16,21,23H,7-9H2,1-2H3/t10-,12-,14+,16+,18+,19+,20+/m1/s1. The van der Waals surface area contributed by atoms with Crippen LogP contribution in [0.5, 0.6) is 0 Å². The van der Waals surface area contributed by atoms with Gasteiger partial charge in [-0.05, 0) is 32.0 Å². The van der Waals surface area contributed by atoms with Gasteiger partial charge in [0.25, 0.3) is 0 Å². The van der Waals surface area contributed by atoms with Gasteiger partial charge < -0.3 is 19.9 Å². The SMILES string of the molecule is C[C@@H](O)[C@@]12CN(C)[C@H]3C[C@@H]1[C@@H](C(=O)O2)[C@@]12CC(=O)O[C@@]31Nc1ccccc12. The van der Waals surface area contributed by atoms with E-state index in [0.29, 0.717) is 13.0 Å². The van der Waals surface area contributed by atoms with Gasteiger partial charge in [0.05, 0.1) is 29.9 Å². The number of likely N-dealkylation sites (N-methyl/N-ethyl adjacent to an activating group) is 1. The smallest absolute Gasteiger partial charge is 0.311 e. The molecule has 1 aromatic rings. The number of likely N-dealkylation sites (tertiary alicyclic amines) is 1. The molecule has 6 rings (SSSR count). The van der Waals surface area contributed by atoms with Crippen LogP contribution in [0.1, 0.15) is 25.3 Å². The molecule has 142 valence electrons. The highest BCUT2D eigenvalue weighted by Gasteiger charge is 2.83. The van der Waals surface area contributed by atoms with E-state index in [1.807, 2.05) is 31.3 Å². The van der Waals surface area contributed by atoms with Gasteiger partial charge in [0.1, 0.15) is 0 Å². The molecule has 4 fully saturated rings. The zero-order chi connectivity index (χ0) is 18.8. The third-order valence-electron chi connectivity index (χ3n) is 7.88. The first-order valence-corrected chi connectivity index (χ1v) is 9.56. The number of rotatable bonds is 1. The first-order valence-electron chi connectivity index (χ1n) is 9.56. The molecule has 0 aromatic heterocycles. The predicted molar refractivity (Wildman–Crippen MR) is 93.7 cm³/mol. The Hall–Kier alpha value is -2.12. The van der Waals surface area contributed by atoms with Gasteiger partial charge >= 0.3 is 11.9 Å². The Morgan fingerprint density at radius 3 is 2.85 bits per heavy atom. The summed E-state index contributed by atoms with van der Waals surface area (Å²) >= 11 is 0. The van der Waals surface area contributed by atoms with Gasteiger partial charge in [-0.1, -0.05) is 18.2 Å². The van der Waals surface area contributed by atoms with E-state index < -0.39 is 28.8 Å².